The summed E-state index contributed by atoms with van der Waals surface area (Å²) < 4.78 is 5.69. The van der Waals surface area contributed by atoms with Crippen molar-refractivity contribution in [2.24, 2.45) is 5.73 Å². The van der Waals surface area contributed by atoms with E-state index in [1.807, 2.05) is 48.5 Å². The summed E-state index contributed by atoms with van der Waals surface area (Å²) in [6, 6.07) is 14.2. The maximum atomic E-state index is 11.0. The molecule has 0 unspecified atom stereocenters. The first kappa shape index (κ1) is 17.3. The summed E-state index contributed by atoms with van der Waals surface area (Å²) in [5, 5.41) is 12.6. The van der Waals surface area contributed by atoms with Gasteiger partial charge in [0.1, 0.15) is 18.4 Å². The first-order valence-corrected chi connectivity index (χ1v) is 7.56. The van der Waals surface area contributed by atoms with E-state index in [2.05, 4.69) is 5.32 Å². The minimum Gasteiger partial charge on any atom is -0.489 e. The first-order chi connectivity index (χ1) is 11.1. The van der Waals surface area contributed by atoms with Crippen molar-refractivity contribution in [1.29, 1.82) is 0 Å². The van der Waals surface area contributed by atoms with Crippen molar-refractivity contribution < 1.29 is 14.6 Å². The predicted octanol–water partition coefficient (Wildman–Crippen LogP) is 1.85. The molecule has 0 aliphatic heterocycles. The van der Waals surface area contributed by atoms with E-state index in [0.29, 0.717) is 18.2 Å². The van der Waals surface area contributed by atoms with Crippen molar-refractivity contribution in [2.45, 2.75) is 19.2 Å². The van der Waals surface area contributed by atoms with E-state index < -0.39 is 11.9 Å². The highest BCUT2D eigenvalue weighted by Gasteiger charge is 2.12. The summed E-state index contributed by atoms with van der Waals surface area (Å²) in [5.41, 5.74) is 7.10. The van der Waals surface area contributed by atoms with Gasteiger partial charge in [-0.25, -0.2) is 0 Å². The van der Waals surface area contributed by atoms with Crippen LogP contribution >= 0.6 is 11.6 Å². The molecule has 0 saturated carbocycles. The fourth-order valence-corrected chi connectivity index (χ4v) is 2.21. The van der Waals surface area contributed by atoms with Gasteiger partial charge in [0.05, 0.1) is 6.61 Å². The lowest BCUT2D eigenvalue weighted by atomic mass is 10.2. The van der Waals surface area contributed by atoms with Crippen LogP contribution in [0.15, 0.2) is 48.5 Å². The lowest BCUT2D eigenvalue weighted by molar-refractivity contribution is -0.120. The maximum Gasteiger partial charge on any atom is 0.236 e. The second-order valence-electron chi connectivity index (χ2n) is 5.08. The number of hydrogen-bond donors (Lipinski definition) is 3. The average Bonchev–Trinajstić information content (AvgIpc) is 2.54. The highest BCUT2D eigenvalue weighted by molar-refractivity contribution is 6.30. The van der Waals surface area contributed by atoms with E-state index in [4.69, 9.17) is 27.2 Å². The van der Waals surface area contributed by atoms with Crippen molar-refractivity contribution in [3.8, 4) is 5.75 Å². The van der Waals surface area contributed by atoms with Crippen molar-refractivity contribution in [3.05, 3.63) is 64.7 Å². The molecule has 2 aromatic carbocycles. The number of hydrogen-bond acceptors (Lipinski definition) is 4. The van der Waals surface area contributed by atoms with Gasteiger partial charge in [0.25, 0.3) is 0 Å². The third-order valence-corrected chi connectivity index (χ3v) is 3.53. The van der Waals surface area contributed by atoms with Crippen LogP contribution in [0.2, 0.25) is 5.02 Å². The Labute approximate surface area is 140 Å². The molecule has 0 bridgehead atoms. The Bertz CT molecular complexity index is 647. The number of benzene rings is 2. The zero-order valence-electron chi connectivity index (χ0n) is 12.5. The number of carbonyl (C=O) groups is 1. The predicted molar refractivity (Wildman–Crippen MR) is 89.1 cm³/mol. The van der Waals surface area contributed by atoms with E-state index in [-0.39, 0.29) is 6.61 Å². The summed E-state index contributed by atoms with van der Waals surface area (Å²) in [7, 11) is 0. The minimum absolute atomic E-state index is 0.323. The van der Waals surface area contributed by atoms with Crippen LogP contribution in [0.25, 0.3) is 0 Å². The number of aliphatic hydroxyl groups excluding tert-OH is 1. The molecule has 1 amide bonds. The molecule has 0 radical (unpaired) electrons. The van der Waals surface area contributed by atoms with Crippen LogP contribution in [0, 0.1) is 0 Å². The lowest BCUT2D eigenvalue weighted by Gasteiger charge is -2.13. The number of carbonyl (C=O) groups excluding carboxylic acids is 1. The molecule has 0 aliphatic carbocycles. The number of halogens is 1. The Morgan fingerprint density at radius 2 is 1.96 bits per heavy atom. The monoisotopic (exact) mass is 334 g/mol. The molecule has 122 valence electrons. The number of nitrogens with two attached hydrogens (primary N) is 1. The van der Waals surface area contributed by atoms with Gasteiger partial charge in [-0.15, -0.1) is 0 Å². The molecule has 23 heavy (non-hydrogen) atoms. The van der Waals surface area contributed by atoms with Gasteiger partial charge in [-0.1, -0.05) is 35.9 Å². The molecule has 0 aliphatic rings. The molecular formula is C17H19ClN2O3. The normalized spacial score (nSPS) is 11.9. The Morgan fingerprint density at radius 3 is 2.57 bits per heavy atom. The maximum absolute atomic E-state index is 11.0. The van der Waals surface area contributed by atoms with Crippen LogP contribution < -0.4 is 15.8 Å². The molecule has 6 heteroatoms. The molecule has 1 atom stereocenters. The van der Waals surface area contributed by atoms with Gasteiger partial charge in [0.2, 0.25) is 5.91 Å². The number of ether oxygens (including phenoxy) is 1. The molecule has 0 spiro atoms. The average molecular weight is 335 g/mol. The van der Waals surface area contributed by atoms with Gasteiger partial charge < -0.3 is 15.6 Å². The first-order valence-electron chi connectivity index (χ1n) is 7.18. The van der Waals surface area contributed by atoms with Crippen LogP contribution in [0.1, 0.15) is 11.1 Å². The van der Waals surface area contributed by atoms with Crippen LogP contribution in [-0.2, 0) is 17.9 Å². The molecule has 0 saturated heterocycles. The number of rotatable bonds is 8. The highest BCUT2D eigenvalue weighted by atomic mass is 35.5. The van der Waals surface area contributed by atoms with Crippen molar-refractivity contribution in [3.63, 3.8) is 0 Å². The summed E-state index contributed by atoms with van der Waals surface area (Å²) in [6.07, 6.45) is 0. The molecule has 5 nitrogen and oxygen atoms in total. The molecule has 4 N–H and O–H groups in total. The SMILES string of the molecule is NC(=O)[C@@H](CO)NCc1ccc(OCc2cccc(Cl)c2)cc1. The zero-order valence-corrected chi connectivity index (χ0v) is 13.3. The quantitative estimate of drug-likeness (QED) is 0.688. The summed E-state index contributed by atoms with van der Waals surface area (Å²) in [6.45, 7) is 0.547. The van der Waals surface area contributed by atoms with Crippen LogP contribution in [-0.4, -0.2) is 23.7 Å². The minimum atomic E-state index is -0.742. The van der Waals surface area contributed by atoms with Gasteiger partial charge >= 0.3 is 0 Å². The summed E-state index contributed by atoms with van der Waals surface area (Å²) in [5.74, 6) is 0.163. The fraction of sp³-hybridized carbons (Fsp3) is 0.235. The number of aliphatic hydroxyl groups is 1. The van der Waals surface area contributed by atoms with Crippen LogP contribution in [0.3, 0.4) is 0 Å². The van der Waals surface area contributed by atoms with E-state index >= 15 is 0 Å². The van der Waals surface area contributed by atoms with Crippen molar-refractivity contribution in [2.75, 3.05) is 6.61 Å². The zero-order chi connectivity index (χ0) is 16.7. The van der Waals surface area contributed by atoms with E-state index in [9.17, 15) is 4.79 Å². The second kappa shape index (κ2) is 8.53. The van der Waals surface area contributed by atoms with Crippen molar-refractivity contribution >= 4 is 17.5 Å². The third kappa shape index (κ3) is 5.56. The van der Waals surface area contributed by atoms with Crippen molar-refractivity contribution in [1.82, 2.24) is 5.32 Å². The van der Waals surface area contributed by atoms with E-state index in [0.717, 1.165) is 16.9 Å². The van der Waals surface area contributed by atoms with E-state index in [1.54, 1.807) is 0 Å². The molecule has 2 aromatic rings. The molecule has 2 rings (SSSR count). The Kier molecular flexibility index (Phi) is 6.40. The van der Waals surface area contributed by atoms with Gasteiger partial charge in [-0.3, -0.25) is 10.1 Å². The number of amides is 1. The van der Waals surface area contributed by atoms with Gasteiger partial charge in [-0.05, 0) is 35.4 Å². The third-order valence-electron chi connectivity index (χ3n) is 3.30. The number of nitrogens with one attached hydrogen (secondary N) is 1. The lowest BCUT2D eigenvalue weighted by Crippen LogP contribution is -2.43. The molecule has 0 aromatic heterocycles. The number of primary amides is 1. The van der Waals surface area contributed by atoms with Gasteiger partial charge in [0, 0.05) is 11.6 Å². The largest absolute Gasteiger partial charge is 0.489 e. The topological polar surface area (TPSA) is 84.6 Å². The molecule has 0 fully saturated rings. The Morgan fingerprint density at radius 1 is 1.22 bits per heavy atom. The van der Waals surface area contributed by atoms with Crippen LogP contribution in [0.5, 0.6) is 5.75 Å². The van der Waals surface area contributed by atoms with E-state index in [1.165, 1.54) is 0 Å². The van der Waals surface area contributed by atoms with Crippen LogP contribution in [0.4, 0.5) is 0 Å². The molecule has 0 heterocycles. The smallest absolute Gasteiger partial charge is 0.236 e. The Hall–Kier alpha value is -2.08. The molecular weight excluding hydrogens is 316 g/mol. The second-order valence-corrected chi connectivity index (χ2v) is 5.52. The standard InChI is InChI=1S/C17H19ClN2O3/c18-14-3-1-2-13(8-14)11-23-15-6-4-12(5-7-15)9-20-16(10-21)17(19)22/h1-8,16,20-21H,9-11H2,(H2,19,22)/t16-/m1/s1. The van der Waals surface area contributed by atoms with Gasteiger partial charge in [0.15, 0.2) is 0 Å². The summed E-state index contributed by atoms with van der Waals surface area (Å²) in [4.78, 5) is 11.0. The summed E-state index contributed by atoms with van der Waals surface area (Å²) >= 11 is 5.93. The Balaban J connectivity index is 1.85. The highest BCUT2D eigenvalue weighted by Crippen LogP contribution is 2.16. The fourth-order valence-electron chi connectivity index (χ4n) is 1.99. The van der Waals surface area contributed by atoms with Gasteiger partial charge in [-0.2, -0.15) is 0 Å².